The fourth-order valence-electron chi connectivity index (χ4n) is 2.47. The normalized spacial score (nSPS) is 16.3. The lowest BCUT2D eigenvalue weighted by Crippen LogP contribution is -2.47. The topological polar surface area (TPSA) is 47.7 Å². The lowest BCUT2D eigenvalue weighted by molar-refractivity contribution is 0.0389. The van der Waals surface area contributed by atoms with Crippen molar-refractivity contribution < 1.29 is 9.47 Å². The second kappa shape index (κ2) is 9.47. The Hall–Kier alpha value is -0.460. The molecule has 0 spiro atoms. The zero-order chi connectivity index (χ0) is 15.0. The molecule has 1 heterocycles. The van der Waals surface area contributed by atoms with Crippen molar-refractivity contribution in [2.45, 2.75) is 38.4 Å². The average molecular weight is 300 g/mol. The van der Waals surface area contributed by atoms with Crippen LogP contribution in [0.1, 0.15) is 31.2 Å². The molecule has 2 N–H and O–H groups in total. The van der Waals surface area contributed by atoms with Crippen molar-refractivity contribution in [3.8, 4) is 0 Å². The summed E-state index contributed by atoms with van der Waals surface area (Å²) in [6, 6.07) is 4.90. The minimum Gasteiger partial charge on any atom is -0.383 e. The summed E-state index contributed by atoms with van der Waals surface area (Å²) in [7, 11) is 3.48. The van der Waals surface area contributed by atoms with Gasteiger partial charge in [-0.1, -0.05) is 13.0 Å². The molecule has 116 valence electrons. The fourth-order valence-corrected chi connectivity index (χ4v) is 3.39. The molecule has 0 aromatic carbocycles. The number of nitrogens with two attached hydrogens (primary N) is 1. The van der Waals surface area contributed by atoms with Crippen LogP contribution in [0, 0.1) is 0 Å². The first-order chi connectivity index (χ1) is 9.65. The Morgan fingerprint density at radius 3 is 2.60 bits per heavy atom. The van der Waals surface area contributed by atoms with Crippen molar-refractivity contribution in [2.24, 2.45) is 5.73 Å². The smallest absolute Gasteiger partial charge is 0.0615 e. The molecular formula is C15H28N2O2S. The number of ether oxygens (including phenoxy) is 2. The first-order valence-electron chi connectivity index (χ1n) is 7.18. The van der Waals surface area contributed by atoms with E-state index in [1.165, 1.54) is 4.88 Å². The van der Waals surface area contributed by atoms with E-state index in [9.17, 15) is 0 Å². The van der Waals surface area contributed by atoms with Crippen LogP contribution in [0.25, 0.3) is 0 Å². The minimum atomic E-state index is 0.116. The molecule has 3 atom stereocenters. The molecule has 0 radical (unpaired) electrons. The van der Waals surface area contributed by atoms with Crippen molar-refractivity contribution in [3.05, 3.63) is 22.4 Å². The van der Waals surface area contributed by atoms with Crippen LogP contribution < -0.4 is 5.73 Å². The van der Waals surface area contributed by atoms with Crippen molar-refractivity contribution in [1.82, 2.24) is 4.90 Å². The Morgan fingerprint density at radius 2 is 2.10 bits per heavy atom. The van der Waals surface area contributed by atoms with Gasteiger partial charge in [-0.05, 0) is 24.8 Å². The zero-order valence-electron chi connectivity index (χ0n) is 13.0. The van der Waals surface area contributed by atoms with Gasteiger partial charge in [0.05, 0.1) is 19.3 Å². The summed E-state index contributed by atoms with van der Waals surface area (Å²) in [4.78, 5) is 3.73. The number of nitrogens with zero attached hydrogens (tertiary/aromatic N) is 1. The predicted octanol–water partition coefficient (Wildman–Crippen LogP) is 2.51. The van der Waals surface area contributed by atoms with E-state index in [4.69, 9.17) is 15.2 Å². The van der Waals surface area contributed by atoms with E-state index in [1.54, 1.807) is 25.6 Å². The van der Waals surface area contributed by atoms with Gasteiger partial charge in [-0.15, -0.1) is 11.3 Å². The van der Waals surface area contributed by atoms with Crippen molar-refractivity contribution >= 4 is 11.3 Å². The van der Waals surface area contributed by atoms with Crippen LogP contribution in [0.3, 0.4) is 0 Å². The van der Waals surface area contributed by atoms with Gasteiger partial charge >= 0.3 is 0 Å². The van der Waals surface area contributed by atoms with Gasteiger partial charge in [0.2, 0.25) is 0 Å². The lowest BCUT2D eigenvalue weighted by atomic mass is 10.0. The Labute approximate surface area is 126 Å². The van der Waals surface area contributed by atoms with Crippen LogP contribution in [0.15, 0.2) is 17.5 Å². The standard InChI is InChI=1S/C15H28N2O2S/c1-5-13(16)15(14-7-6-10-20-14)17(8-9-18-3)12(2)11-19-4/h6-7,10,12-13,15H,5,8-9,11,16H2,1-4H3. The van der Waals surface area contributed by atoms with Gasteiger partial charge in [-0.25, -0.2) is 0 Å². The number of rotatable bonds is 10. The Bertz CT molecular complexity index is 346. The highest BCUT2D eigenvalue weighted by atomic mass is 32.1. The molecule has 0 aliphatic carbocycles. The molecule has 0 aliphatic rings. The number of thiophene rings is 1. The van der Waals surface area contributed by atoms with Crippen LogP contribution in [0.5, 0.6) is 0 Å². The van der Waals surface area contributed by atoms with E-state index in [0.29, 0.717) is 19.3 Å². The summed E-state index contributed by atoms with van der Waals surface area (Å²) in [5, 5.41) is 2.11. The van der Waals surface area contributed by atoms with Crippen molar-refractivity contribution in [3.63, 3.8) is 0 Å². The van der Waals surface area contributed by atoms with Gasteiger partial charge in [0.15, 0.2) is 0 Å². The van der Waals surface area contributed by atoms with Crippen molar-refractivity contribution in [1.29, 1.82) is 0 Å². The Balaban J connectivity index is 2.96. The summed E-state index contributed by atoms with van der Waals surface area (Å²) in [5.41, 5.74) is 6.40. The second-order valence-electron chi connectivity index (χ2n) is 5.07. The monoisotopic (exact) mass is 300 g/mol. The molecule has 5 heteroatoms. The maximum absolute atomic E-state index is 6.40. The maximum Gasteiger partial charge on any atom is 0.0615 e. The molecule has 1 aromatic rings. The van der Waals surface area contributed by atoms with Gasteiger partial charge in [0.25, 0.3) is 0 Å². The van der Waals surface area contributed by atoms with Crippen LogP contribution in [-0.2, 0) is 9.47 Å². The molecule has 0 amide bonds. The predicted molar refractivity (Wildman–Crippen MR) is 85.2 cm³/mol. The molecule has 0 bridgehead atoms. The Morgan fingerprint density at radius 1 is 1.35 bits per heavy atom. The van der Waals surface area contributed by atoms with E-state index in [2.05, 4.69) is 36.3 Å². The zero-order valence-corrected chi connectivity index (χ0v) is 13.9. The van der Waals surface area contributed by atoms with Crippen LogP contribution in [0.2, 0.25) is 0 Å². The Kier molecular flexibility index (Phi) is 8.33. The van der Waals surface area contributed by atoms with Gasteiger partial charge in [-0.2, -0.15) is 0 Å². The molecular weight excluding hydrogens is 272 g/mol. The largest absolute Gasteiger partial charge is 0.383 e. The quantitative estimate of drug-likeness (QED) is 0.721. The van der Waals surface area contributed by atoms with E-state index in [0.717, 1.165) is 13.0 Å². The highest BCUT2D eigenvalue weighted by Gasteiger charge is 2.29. The summed E-state index contributed by atoms with van der Waals surface area (Å²) < 4.78 is 10.6. The summed E-state index contributed by atoms with van der Waals surface area (Å²) in [5.74, 6) is 0. The number of hydrogen-bond donors (Lipinski definition) is 1. The maximum atomic E-state index is 6.40. The number of hydrogen-bond acceptors (Lipinski definition) is 5. The van der Waals surface area contributed by atoms with Gasteiger partial charge in [0, 0.05) is 37.7 Å². The van der Waals surface area contributed by atoms with Gasteiger partial charge in [0.1, 0.15) is 0 Å². The molecule has 0 fully saturated rings. The third-order valence-corrected chi connectivity index (χ3v) is 4.54. The lowest BCUT2D eigenvalue weighted by Gasteiger charge is -2.38. The summed E-state index contributed by atoms with van der Waals surface area (Å²) >= 11 is 1.77. The fraction of sp³-hybridized carbons (Fsp3) is 0.733. The summed E-state index contributed by atoms with van der Waals surface area (Å²) in [6.07, 6.45) is 0.950. The minimum absolute atomic E-state index is 0.116. The molecule has 1 rings (SSSR count). The van der Waals surface area contributed by atoms with E-state index >= 15 is 0 Å². The molecule has 1 aromatic heterocycles. The van der Waals surface area contributed by atoms with Crippen LogP contribution in [-0.4, -0.2) is 51.0 Å². The van der Waals surface area contributed by atoms with Crippen LogP contribution in [0.4, 0.5) is 0 Å². The third-order valence-electron chi connectivity index (χ3n) is 3.60. The van der Waals surface area contributed by atoms with E-state index < -0.39 is 0 Å². The second-order valence-corrected chi connectivity index (χ2v) is 6.05. The molecule has 0 aliphatic heterocycles. The van der Waals surface area contributed by atoms with Gasteiger partial charge < -0.3 is 15.2 Å². The molecule has 0 saturated heterocycles. The molecule has 4 nitrogen and oxygen atoms in total. The highest BCUT2D eigenvalue weighted by Crippen LogP contribution is 2.30. The molecule has 20 heavy (non-hydrogen) atoms. The van der Waals surface area contributed by atoms with Crippen LogP contribution >= 0.6 is 11.3 Å². The third kappa shape index (κ3) is 4.82. The van der Waals surface area contributed by atoms with Crippen molar-refractivity contribution in [2.75, 3.05) is 34.0 Å². The molecule has 3 unspecified atom stereocenters. The highest BCUT2D eigenvalue weighted by molar-refractivity contribution is 7.10. The summed E-state index contributed by atoms with van der Waals surface area (Å²) in [6.45, 7) is 6.58. The first kappa shape index (κ1) is 17.6. The SMILES string of the molecule is CCC(N)C(c1cccs1)N(CCOC)C(C)COC. The number of methoxy groups -OCH3 is 2. The van der Waals surface area contributed by atoms with E-state index in [1.807, 2.05) is 0 Å². The van der Waals surface area contributed by atoms with E-state index in [-0.39, 0.29) is 12.1 Å². The van der Waals surface area contributed by atoms with Gasteiger partial charge in [-0.3, -0.25) is 4.90 Å². The molecule has 0 saturated carbocycles. The first-order valence-corrected chi connectivity index (χ1v) is 8.06. The average Bonchev–Trinajstić information content (AvgIpc) is 2.96.